The second kappa shape index (κ2) is 10.7. The van der Waals surface area contributed by atoms with Gasteiger partial charge in [-0.15, -0.1) is 0 Å². The van der Waals surface area contributed by atoms with Gasteiger partial charge in [-0.2, -0.15) is 0 Å². The van der Waals surface area contributed by atoms with Crippen LogP contribution in [0.2, 0.25) is 0 Å². The molecule has 2 aromatic rings. The second-order valence-electron chi connectivity index (χ2n) is 5.97. The molecule has 2 aromatic carbocycles. The molecule has 0 radical (unpaired) electrons. The molecule has 0 heterocycles. The Morgan fingerprint density at radius 2 is 1.83 bits per heavy atom. The summed E-state index contributed by atoms with van der Waals surface area (Å²) >= 11 is 0. The standard InChI is InChI=1S/C21H24N2O6/c1-4-28-18-11-6-5-10-17(18)23-20(25)14(2)29-19(24)13-22-21(26)15-8-7-9-16(12-15)27-3/h5-12,14H,4,13H2,1-3H3,(H,22,26)(H,23,25). The summed E-state index contributed by atoms with van der Waals surface area (Å²) in [4.78, 5) is 36.4. The lowest BCUT2D eigenvalue weighted by Crippen LogP contribution is -2.35. The fourth-order valence-corrected chi connectivity index (χ4v) is 2.40. The molecular formula is C21H24N2O6. The highest BCUT2D eigenvalue weighted by Crippen LogP contribution is 2.23. The molecular weight excluding hydrogens is 376 g/mol. The van der Waals surface area contributed by atoms with E-state index in [0.717, 1.165) is 0 Å². The maximum Gasteiger partial charge on any atom is 0.326 e. The lowest BCUT2D eigenvalue weighted by molar-refractivity contribution is -0.152. The van der Waals surface area contributed by atoms with Gasteiger partial charge in [0.15, 0.2) is 6.10 Å². The molecule has 2 N–H and O–H groups in total. The predicted molar refractivity (Wildman–Crippen MR) is 107 cm³/mol. The molecule has 29 heavy (non-hydrogen) atoms. The van der Waals surface area contributed by atoms with E-state index < -0.39 is 23.9 Å². The van der Waals surface area contributed by atoms with Crippen LogP contribution in [0.4, 0.5) is 5.69 Å². The molecule has 1 unspecified atom stereocenters. The molecule has 8 heteroatoms. The van der Waals surface area contributed by atoms with Gasteiger partial charge in [-0.25, -0.2) is 0 Å². The van der Waals surface area contributed by atoms with Crippen molar-refractivity contribution in [3.05, 3.63) is 54.1 Å². The molecule has 0 aliphatic carbocycles. The second-order valence-corrected chi connectivity index (χ2v) is 5.97. The van der Waals surface area contributed by atoms with E-state index in [0.29, 0.717) is 29.4 Å². The highest BCUT2D eigenvalue weighted by molar-refractivity contribution is 5.98. The van der Waals surface area contributed by atoms with Crippen molar-refractivity contribution >= 4 is 23.5 Å². The number of amides is 2. The van der Waals surface area contributed by atoms with Crippen molar-refractivity contribution in [3.8, 4) is 11.5 Å². The Kier molecular flexibility index (Phi) is 8.02. The van der Waals surface area contributed by atoms with Crippen LogP contribution in [0.1, 0.15) is 24.2 Å². The zero-order chi connectivity index (χ0) is 21.2. The number of nitrogens with one attached hydrogen (secondary N) is 2. The van der Waals surface area contributed by atoms with E-state index in [1.54, 1.807) is 48.5 Å². The summed E-state index contributed by atoms with van der Waals surface area (Å²) in [6.07, 6.45) is -1.05. The van der Waals surface area contributed by atoms with Crippen molar-refractivity contribution in [2.75, 3.05) is 25.6 Å². The van der Waals surface area contributed by atoms with Crippen LogP contribution < -0.4 is 20.1 Å². The summed E-state index contributed by atoms with van der Waals surface area (Å²) in [6.45, 7) is 3.36. The van der Waals surface area contributed by atoms with Gasteiger partial charge in [-0.05, 0) is 44.2 Å². The average molecular weight is 400 g/mol. The van der Waals surface area contributed by atoms with Gasteiger partial charge in [0.1, 0.15) is 18.0 Å². The monoisotopic (exact) mass is 400 g/mol. The van der Waals surface area contributed by atoms with Gasteiger partial charge in [0, 0.05) is 5.56 Å². The first-order chi connectivity index (χ1) is 13.9. The SMILES string of the molecule is CCOc1ccccc1NC(=O)C(C)OC(=O)CNC(=O)c1cccc(OC)c1. The molecule has 8 nitrogen and oxygen atoms in total. The van der Waals surface area contributed by atoms with Gasteiger partial charge in [0.05, 0.1) is 19.4 Å². The number of methoxy groups -OCH3 is 1. The van der Waals surface area contributed by atoms with Crippen molar-refractivity contribution in [1.29, 1.82) is 0 Å². The Morgan fingerprint density at radius 3 is 2.55 bits per heavy atom. The van der Waals surface area contributed by atoms with Crippen LogP contribution in [0.15, 0.2) is 48.5 Å². The van der Waals surface area contributed by atoms with Gasteiger partial charge < -0.3 is 24.8 Å². The number of carbonyl (C=O) groups is 3. The minimum absolute atomic E-state index is 0.343. The maximum atomic E-state index is 12.3. The molecule has 0 aliphatic rings. The number of carbonyl (C=O) groups excluding carboxylic acids is 3. The average Bonchev–Trinajstić information content (AvgIpc) is 2.73. The van der Waals surface area contributed by atoms with Crippen LogP contribution in [0.5, 0.6) is 11.5 Å². The first-order valence-corrected chi connectivity index (χ1v) is 9.09. The molecule has 0 spiro atoms. The van der Waals surface area contributed by atoms with Gasteiger partial charge >= 0.3 is 5.97 Å². The van der Waals surface area contributed by atoms with Crippen molar-refractivity contribution in [2.24, 2.45) is 0 Å². The first-order valence-electron chi connectivity index (χ1n) is 9.09. The van der Waals surface area contributed by atoms with Crippen LogP contribution in [0, 0.1) is 0 Å². The fourth-order valence-electron chi connectivity index (χ4n) is 2.40. The lowest BCUT2D eigenvalue weighted by atomic mass is 10.2. The smallest absolute Gasteiger partial charge is 0.326 e. The predicted octanol–water partition coefficient (Wildman–Crippen LogP) is 2.39. The summed E-state index contributed by atoms with van der Waals surface area (Å²) < 4.78 is 15.6. The summed E-state index contributed by atoms with van der Waals surface area (Å²) in [6, 6.07) is 13.5. The summed E-state index contributed by atoms with van der Waals surface area (Å²) in [7, 11) is 1.49. The molecule has 2 amide bonds. The molecule has 0 bridgehead atoms. The van der Waals surface area contributed by atoms with Crippen LogP contribution in [0.25, 0.3) is 0 Å². The fraction of sp³-hybridized carbons (Fsp3) is 0.286. The summed E-state index contributed by atoms with van der Waals surface area (Å²) in [5.74, 6) is -0.652. The Hall–Kier alpha value is -3.55. The molecule has 0 aliphatic heterocycles. The highest BCUT2D eigenvalue weighted by atomic mass is 16.5. The Labute approximate surface area is 169 Å². The van der Waals surface area contributed by atoms with Gasteiger partial charge in [0.25, 0.3) is 11.8 Å². The number of anilines is 1. The number of para-hydroxylation sites is 2. The third kappa shape index (κ3) is 6.53. The Bertz CT molecular complexity index is 868. The molecule has 1 atom stereocenters. The van der Waals surface area contributed by atoms with E-state index >= 15 is 0 Å². The van der Waals surface area contributed by atoms with E-state index in [9.17, 15) is 14.4 Å². The topological polar surface area (TPSA) is 103 Å². The zero-order valence-corrected chi connectivity index (χ0v) is 16.6. The van der Waals surface area contributed by atoms with Crippen LogP contribution in [-0.4, -0.2) is 44.1 Å². The highest BCUT2D eigenvalue weighted by Gasteiger charge is 2.19. The van der Waals surface area contributed by atoms with E-state index in [1.807, 2.05) is 6.92 Å². The van der Waals surface area contributed by atoms with Gasteiger partial charge in [-0.3, -0.25) is 14.4 Å². The quantitative estimate of drug-likeness (QED) is 0.627. The largest absolute Gasteiger partial charge is 0.497 e. The van der Waals surface area contributed by atoms with Gasteiger partial charge in [-0.1, -0.05) is 18.2 Å². The normalized spacial score (nSPS) is 11.1. The molecule has 2 rings (SSSR count). The van der Waals surface area contributed by atoms with Gasteiger partial charge in [0.2, 0.25) is 0 Å². The number of hydrogen-bond donors (Lipinski definition) is 2. The zero-order valence-electron chi connectivity index (χ0n) is 16.6. The summed E-state index contributed by atoms with van der Waals surface area (Å²) in [5.41, 5.74) is 0.823. The molecule has 0 fully saturated rings. The molecule has 154 valence electrons. The van der Waals surface area contributed by atoms with E-state index in [-0.39, 0.29) is 6.54 Å². The minimum Gasteiger partial charge on any atom is -0.497 e. The third-order valence-corrected chi connectivity index (χ3v) is 3.85. The lowest BCUT2D eigenvalue weighted by Gasteiger charge is -2.16. The van der Waals surface area contributed by atoms with Crippen molar-refractivity contribution in [2.45, 2.75) is 20.0 Å². The van der Waals surface area contributed by atoms with Crippen LogP contribution in [-0.2, 0) is 14.3 Å². The van der Waals surface area contributed by atoms with Crippen LogP contribution in [0.3, 0.4) is 0 Å². The Morgan fingerprint density at radius 1 is 1.07 bits per heavy atom. The molecule has 0 aromatic heterocycles. The number of benzene rings is 2. The van der Waals surface area contributed by atoms with E-state index in [4.69, 9.17) is 14.2 Å². The third-order valence-electron chi connectivity index (χ3n) is 3.85. The Balaban J connectivity index is 1.85. The van der Waals surface area contributed by atoms with Crippen molar-refractivity contribution in [3.63, 3.8) is 0 Å². The number of esters is 1. The number of hydrogen-bond acceptors (Lipinski definition) is 6. The molecule has 0 saturated heterocycles. The number of rotatable bonds is 9. The molecule has 0 saturated carbocycles. The minimum atomic E-state index is -1.05. The first kappa shape index (κ1) is 21.7. The van der Waals surface area contributed by atoms with E-state index in [1.165, 1.54) is 14.0 Å². The van der Waals surface area contributed by atoms with Crippen molar-refractivity contribution in [1.82, 2.24) is 5.32 Å². The number of ether oxygens (including phenoxy) is 3. The van der Waals surface area contributed by atoms with Crippen LogP contribution >= 0.6 is 0 Å². The summed E-state index contributed by atoms with van der Waals surface area (Å²) in [5, 5.41) is 5.11. The van der Waals surface area contributed by atoms with E-state index in [2.05, 4.69) is 10.6 Å². The maximum absolute atomic E-state index is 12.3. The van der Waals surface area contributed by atoms with Crippen molar-refractivity contribution < 1.29 is 28.6 Å².